The highest BCUT2D eigenvalue weighted by molar-refractivity contribution is 5.52. The quantitative estimate of drug-likeness (QED) is 0.730. The second-order valence-electron chi connectivity index (χ2n) is 4.44. The Hall–Kier alpha value is -1.12. The smallest absolute Gasteiger partial charge is 0.131 e. The summed E-state index contributed by atoms with van der Waals surface area (Å²) in [4.78, 5) is 0. The van der Waals surface area contributed by atoms with Crippen molar-refractivity contribution in [3.63, 3.8) is 0 Å². The van der Waals surface area contributed by atoms with Crippen molar-refractivity contribution in [2.45, 2.75) is 33.2 Å². The minimum atomic E-state index is -0.556. The van der Waals surface area contributed by atoms with Crippen molar-refractivity contribution in [1.82, 2.24) is 0 Å². The van der Waals surface area contributed by atoms with Crippen LogP contribution in [-0.4, -0.2) is 5.54 Å². The van der Waals surface area contributed by atoms with Gasteiger partial charge in [0.15, 0.2) is 0 Å². The molecule has 0 atom stereocenters. The Morgan fingerprint density at radius 1 is 1.14 bits per heavy atom. The van der Waals surface area contributed by atoms with Crippen molar-refractivity contribution in [2.24, 2.45) is 0 Å². The van der Waals surface area contributed by atoms with E-state index in [-0.39, 0.29) is 5.54 Å². The summed E-state index contributed by atoms with van der Waals surface area (Å²) in [7, 11) is 0. The molecule has 0 amide bonds. The molecule has 0 aromatic heterocycles. The Bertz CT molecular complexity index is 340. The van der Waals surface area contributed by atoms with Crippen LogP contribution in [-0.2, 0) is 0 Å². The third kappa shape index (κ3) is 2.69. The summed E-state index contributed by atoms with van der Waals surface area (Å²) in [6.45, 7) is 7.45. The van der Waals surface area contributed by atoms with Crippen molar-refractivity contribution in [1.29, 1.82) is 0 Å². The molecule has 0 spiro atoms. The van der Waals surface area contributed by atoms with E-state index in [1.807, 2.05) is 20.8 Å². The summed E-state index contributed by atoms with van der Waals surface area (Å²) in [5.41, 5.74) is 0.752. The molecule has 1 aromatic rings. The van der Waals surface area contributed by atoms with Crippen molar-refractivity contribution >= 4 is 5.69 Å². The number of anilines is 1. The molecule has 0 saturated heterocycles. The van der Waals surface area contributed by atoms with Crippen LogP contribution < -0.4 is 5.32 Å². The van der Waals surface area contributed by atoms with Crippen molar-refractivity contribution in [2.75, 3.05) is 5.32 Å². The fraction of sp³-hybridized carbons (Fsp3) is 0.455. The molecule has 0 aliphatic carbocycles. The van der Waals surface area contributed by atoms with Gasteiger partial charge in [-0.2, -0.15) is 0 Å². The molecule has 0 heterocycles. The van der Waals surface area contributed by atoms with Gasteiger partial charge >= 0.3 is 0 Å². The Labute approximate surface area is 83.1 Å². The SMILES string of the molecule is Cc1c(F)cc(F)cc1NC(C)(C)C. The number of hydrogen-bond donors (Lipinski definition) is 1. The van der Waals surface area contributed by atoms with Gasteiger partial charge < -0.3 is 5.32 Å². The van der Waals surface area contributed by atoms with E-state index in [0.717, 1.165) is 6.07 Å². The molecule has 0 bridgehead atoms. The maximum absolute atomic E-state index is 13.1. The molecule has 1 N–H and O–H groups in total. The normalized spacial score (nSPS) is 11.6. The van der Waals surface area contributed by atoms with Crippen LogP contribution in [0.15, 0.2) is 12.1 Å². The first-order valence-corrected chi connectivity index (χ1v) is 4.53. The highest BCUT2D eigenvalue weighted by Gasteiger charge is 2.13. The summed E-state index contributed by atoms with van der Waals surface area (Å²) in [6.07, 6.45) is 0. The summed E-state index contributed by atoms with van der Waals surface area (Å²) in [6, 6.07) is 2.20. The molecule has 14 heavy (non-hydrogen) atoms. The first-order valence-electron chi connectivity index (χ1n) is 4.53. The Kier molecular flexibility index (Phi) is 2.79. The van der Waals surface area contributed by atoms with Gasteiger partial charge in [-0.25, -0.2) is 8.78 Å². The Morgan fingerprint density at radius 3 is 2.21 bits per heavy atom. The Balaban J connectivity index is 3.09. The lowest BCUT2D eigenvalue weighted by atomic mass is 10.1. The van der Waals surface area contributed by atoms with E-state index in [2.05, 4.69) is 5.32 Å². The van der Waals surface area contributed by atoms with E-state index >= 15 is 0 Å². The average molecular weight is 199 g/mol. The minimum absolute atomic E-state index is 0.203. The van der Waals surface area contributed by atoms with Gasteiger partial charge in [0, 0.05) is 22.9 Å². The third-order valence-electron chi connectivity index (χ3n) is 1.82. The molecular formula is C11H15F2N. The molecule has 1 rings (SSSR count). The van der Waals surface area contributed by atoms with E-state index in [4.69, 9.17) is 0 Å². The standard InChI is InChI=1S/C11H15F2N/c1-7-9(13)5-8(12)6-10(7)14-11(2,3)4/h5-6,14H,1-4H3. The topological polar surface area (TPSA) is 12.0 Å². The van der Waals surface area contributed by atoms with Crippen molar-refractivity contribution in [3.8, 4) is 0 Å². The van der Waals surface area contributed by atoms with Crippen LogP contribution in [0.25, 0.3) is 0 Å². The molecule has 0 radical (unpaired) electrons. The summed E-state index contributed by atoms with van der Waals surface area (Å²) in [5.74, 6) is -1.07. The van der Waals surface area contributed by atoms with Crippen LogP contribution in [0.2, 0.25) is 0 Å². The van der Waals surface area contributed by atoms with E-state index in [9.17, 15) is 8.78 Å². The third-order valence-corrected chi connectivity index (χ3v) is 1.82. The van der Waals surface area contributed by atoms with Gasteiger partial charge in [-0.05, 0) is 33.8 Å². The number of benzene rings is 1. The first-order chi connectivity index (χ1) is 6.29. The van der Waals surface area contributed by atoms with Crippen molar-refractivity contribution < 1.29 is 8.78 Å². The van der Waals surface area contributed by atoms with Gasteiger partial charge in [-0.3, -0.25) is 0 Å². The molecule has 0 unspecified atom stereocenters. The van der Waals surface area contributed by atoms with Gasteiger partial charge in [0.05, 0.1) is 0 Å². The van der Waals surface area contributed by atoms with Crippen LogP contribution in [0, 0.1) is 18.6 Å². The lowest BCUT2D eigenvalue weighted by Gasteiger charge is -2.23. The van der Waals surface area contributed by atoms with E-state index in [1.165, 1.54) is 6.07 Å². The highest BCUT2D eigenvalue weighted by atomic mass is 19.1. The van der Waals surface area contributed by atoms with Gasteiger partial charge in [0.1, 0.15) is 11.6 Å². The van der Waals surface area contributed by atoms with Crippen LogP contribution in [0.5, 0.6) is 0 Å². The average Bonchev–Trinajstić information content (AvgIpc) is 1.96. The largest absolute Gasteiger partial charge is 0.380 e. The zero-order valence-electron chi connectivity index (χ0n) is 8.91. The van der Waals surface area contributed by atoms with Gasteiger partial charge in [-0.15, -0.1) is 0 Å². The lowest BCUT2D eigenvalue weighted by Crippen LogP contribution is -2.26. The molecule has 78 valence electrons. The molecule has 1 nitrogen and oxygen atoms in total. The Morgan fingerprint density at radius 2 is 1.71 bits per heavy atom. The molecule has 3 heteroatoms. The number of hydrogen-bond acceptors (Lipinski definition) is 1. The van der Waals surface area contributed by atoms with E-state index in [1.54, 1.807) is 6.92 Å². The molecule has 0 fully saturated rings. The van der Waals surface area contributed by atoms with Crippen LogP contribution in [0.4, 0.5) is 14.5 Å². The van der Waals surface area contributed by atoms with Crippen molar-refractivity contribution in [3.05, 3.63) is 29.3 Å². The molecule has 0 aliphatic heterocycles. The van der Waals surface area contributed by atoms with Gasteiger partial charge in [0.2, 0.25) is 0 Å². The monoisotopic (exact) mass is 199 g/mol. The highest BCUT2D eigenvalue weighted by Crippen LogP contribution is 2.22. The number of nitrogens with one attached hydrogen (secondary N) is 1. The zero-order valence-corrected chi connectivity index (χ0v) is 8.91. The maximum Gasteiger partial charge on any atom is 0.131 e. The van der Waals surface area contributed by atoms with E-state index < -0.39 is 11.6 Å². The fourth-order valence-corrected chi connectivity index (χ4v) is 1.18. The summed E-state index contributed by atoms with van der Waals surface area (Å²) >= 11 is 0. The number of rotatable bonds is 1. The lowest BCUT2D eigenvalue weighted by molar-refractivity contribution is 0.574. The van der Waals surface area contributed by atoms with Crippen LogP contribution >= 0.6 is 0 Å². The minimum Gasteiger partial charge on any atom is -0.380 e. The van der Waals surface area contributed by atoms with Gasteiger partial charge in [-0.1, -0.05) is 0 Å². The van der Waals surface area contributed by atoms with E-state index in [0.29, 0.717) is 11.3 Å². The molecular weight excluding hydrogens is 184 g/mol. The van der Waals surface area contributed by atoms with Crippen LogP contribution in [0.1, 0.15) is 26.3 Å². The van der Waals surface area contributed by atoms with Crippen LogP contribution in [0.3, 0.4) is 0 Å². The zero-order chi connectivity index (χ0) is 10.9. The van der Waals surface area contributed by atoms with Gasteiger partial charge in [0.25, 0.3) is 0 Å². The first kappa shape index (κ1) is 11.0. The predicted octanol–water partition coefficient (Wildman–Crippen LogP) is 3.48. The number of halogens is 2. The summed E-state index contributed by atoms with van der Waals surface area (Å²) in [5, 5.41) is 3.05. The second-order valence-corrected chi connectivity index (χ2v) is 4.44. The molecule has 0 saturated carbocycles. The summed E-state index contributed by atoms with van der Waals surface area (Å²) < 4.78 is 26.0. The molecule has 0 aliphatic rings. The maximum atomic E-state index is 13.1. The molecule has 1 aromatic carbocycles. The fourth-order valence-electron chi connectivity index (χ4n) is 1.18. The second kappa shape index (κ2) is 3.56. The predicted molar refractivity (Wildman–Crippen MR) is 54.5 cm³/mol.